The van der Waals surface area contributed by atoms with Crippen molar-refractivity contribution in [1.82, 2.24) is 10.2 Å². The molecule has 1 heterocycles. The third kappa shape index (κ3) is 4.08. The number of imide groups is 1. The van der Waals surface area contributed by atoms with Gasteiger partial charge < -0.3 is 14.8 Å². The van der Waals surface area contributed by atoms with E-state index in [1.165, 1.54) is 7.11 Å². The normalized spacial score (nSPS) is 16.5. The number of benzene rings is 2. The Balaban J connectivity index is 1.61. The lowest BCUT2D eigenvalue weighted by atomic mass is 9.96. The van der Waals surface area contributed by atoms with Crippen LogP contribution in [0, 0.1) is 0 Å². The molecule has 1 N–H and O–H groups in total. The van der Waals surface area contributed by atoms with Gasteiger partial charge in [-0.05, 0) is 49.6 Å². The Labute approximate surface area is 191 Å². The lowest BCUT2D eigenvalue weighted by Crippen LogP contribution is -2.53. The van der Waals surface area contributed by atoms with Gasteiger partial charge in [0.2, 0.25) is 0 Å². The largest absolute Gasteiger partial charge is 0.493 e. The van der Waals surface area contributed by atoms with Gasteiger partial charge in [-0.1, -0.05) is 31.0 Å². The third-order valence-electron chi connectivity index (χ3n) is 6.19. The molecule has 3 amide bonds. The van der Waals surface area contributed by atoms with Gasteiger partial charge in [0.1, 0.15) is 11.3 Å². The number of hydrogen-bond acceptors (Lipinski definition) is 6. The van der Waals surface area contributed by atoms with Gasteiger partial charge in [-0.25, -0.2) is 4.79 Å². The molecule has 4 rings (SSSR count). The molecule has 0 spiro atoms. The minimum atomic E-state index is -1.06. The number of carbonyl (C=O) groups is 4. The summed E-state index contributed by atoms with van der Waals surface area (Å²) >= 11 is 0. The van der Waals surface area contributed by atoms with Crippen LogP contribution < -0.4 is 10.1 Å². The van der Waals surface area contributed by atoms with Gasteiger partial charge in [-0.15, -0.1) is 0 Å². The number of ether oxygens (including phenoxy) is 2. The number of amides is 3. The number of nitrogens with zero attached hydrogens (tertiary/aromatic N) is 1. The van der Waals surface area contributed by atoms with Gasteiger partial charge in [0.25, 0.3) is 17.7 Å². The molecule has 8 heteroatoms. The van der Waals surface area contributed by atoms with Crippen molar-refractivity contribution in [3.8, 4) is 5.75 Å². The van der Waals surface area contributed by atoms with E-state index in [1.807, 2.05) is 0 Å². The Morgan fingerprint density at radius 2 is 1.67 bits per heavy atom. The summed E-state index contributed by atoms with van der Waals surface area (Å²) in [6, 6.07) is 11.6. The Morgan fingerprint density at radius 1 is 1.03 bits per heavy atom. The predicted molar refractivity (Wildman–Crippen MR) is 119 cm³/mol. The molecule has 2 aromatic rings. The van der Waals surface area contributed by atoms with Crippen molar-refractivity contribution in [3.63, 3.8) is 0 Å². The van der Waals surface area contributed by atoms with Crippen LogP contribution in [0.5, 0.6) is 5.75 Å². The molecule has 0 radical (unpaired) electrons. The van der Waals surface area contributed by atoms with Crippen molar-refractivity contribution in [1.29, 1.82) is 0 Å². The van der Waals surface area contributed by atoms with Gasteiger partial charge >= 0.3 is 5.97 Å². The monoisotopic (exact) mass is 450 g/mol. The quantitative estimate of drug-likeness (QED) is 0.514. The first-order valence-electron chi connectivity index (χ1n) is 11.0. The lowest BCUT2D eigenvalue weighted by molar-refractivity contribution is -0.148. The highest BCUT2D eigenvalue weighted by Crippen LogP contribution is 2.32. The van der Waals surface area contributed by atoms with Crippen molar-refractivity contribution in [2.75, 3.05) is 13.7 Å². The SMILES string of the molecule is CCOc1ccc(CN2C(=O)c3ccccc3C2=O)cc1C(=O)NC1(C(=O)OC)CCCC1. The molecular weight excluding hydrogens is 424 g/mol. The van der Waals surface area contributed by atoms with E-state index in [-0.39, 0.29) is 23.9 Å². The number of carbonyl (C=O) groups excluding carboxylic acids is 4. The van der Waals surface area contributed by atoms with Gasteiger partial charge in [-0.3, -0.25) is 19.3 Å². The molecule has 0 saturated heterocycles. The summed E-state index contributed by atoms with van der Waals surface area (Å²) < 4.78 is 10.6. The van der Waals surface area contributed by atoms with Crippen LogP contribution in [0.3, 0.4) is 0 Å². The minimum absolute atomic E-state index is 0.0151. The maximum absolute atomic E-state index is 13.3. The van der Waals surface area contributed by atoms with E-state index in [2.05, 4.69) is 5.32 Å². The van der Waals surface area contributed by atoms with Crippen LogP contribution in [0.4, 0.5) is 0 Å². The molecule has 8 nitrogen and oxygen atoms in total. The first-order chi connectivity index (χ1) is 15.9. The molecular formula is C25H26N2O6. The number of methoxy groups -OCH3 is 1. The van der Waals surface area contributed by atoms with E-state index < -0.39 is 17.4 Å². The first kappa shape index (κ1) is 22.5. The van der Waals surface area contributed by atoms with E-state index in [9.17, 15) is 19.2 Å². The fraction of sp³-hybridized carbons (Fsp3) is 0.360. The highest BCUT2D eigenvalue weighted by atomic mass is 16.5. The third-order valence-corrected chi connectivity index (χ3v) is 6.19. The fourth-order valence-electron chi connectivity index (χ4n) is 4.54. The van der Waals surface area contributed by atoms with Crippen LogP contribution in [0.15, 0.2) is 42.5 Å². The zero-order chi connectivity index (χ0) is 23.6. The summed E-state index contributed by atoms with van der Waals surface area (Å²) in [6.07, 6.45) is 2.63. The second-order valence-electron chi connectivity index (χ2n) is 8.24. The van der Waals surface area contributed by atoms with Gasteiger partial charge in [0, 0.05) is 0 Å². The smallest absolute Gasteiger partial charge is 0.331 e. The summed E-state index contributed by atoms with van der Waals surface area (Å²) in [6.45, 7) is 2.17. The molecule has 1 fully saturated rings. The van der Waals surface area contributed by atoms with Crippen LogP contribution in [-0.2, 0) is 16.1 Å². The highest BCUT2D eigenvalue weighted by molar-refractivity contribution is 6.21. The molecule has 1 saturated carbocycles. The Bertz CT molecular complexity index is 1080. The average Bonchev–Trinajstić information content (AvgIpc) is 3.39. The van der Waals surface area contributed by atoms with Crippen LogP contribution >= 0.6 is 0 Å². The molecule has 2 aliphatic rings. The zero-order valence-electron chi connectivity index (χ0n) is 18.7. The minimum Gasteiger partial charge on any atom is -0.493 e. The first-order valence-corrected chi connectivity index (χ1v) is 11.0. The van der Waals surface area contributed by atoms with E-state index in [0.717, 1.165) is 17.7 Å². The van der Waals surface area contributed by atoms with Gasteiger partial charge in [-0.2, -0.15) is 0 Å². The summed E-state index contributed by atoms with van der Waals surface area (Å²) in [4.78, 5) is 52.3. The standard InChI is InChI=1S/C25H26N2O6/c1-3-33-20-11-10-16(15-27-22(29)17-8-4-5-9-18(17)23(27)30)14-19(20)21(28)26-25(24(31)32-2)12-6-7-13-25/h4-5,8-11,14H,3,6-7,12-13,15H2,1-2H3,(H,26,28). The van der Waals surface area contributed by atoms with Crippen molar-refractivity contribution >= 4 is 23.7 Å². The summed E-state index contributed by atoms with van der Waals surface area (Å²) in [5, 5.41) is 2.87. The van der Waals surface area contributed by atoms with Gasteiger partial charge in [0.15, 0.2) is 0 Å². The maximum atomic E-state index is 13.3. The molecule has 1 aliphatic heterocycles. The van der Waals surface area contributed by atoms with Gasteiger partial charge in [0.05, 0.1) is 37.0 Å². The topological polar surface area (TPSA) is 102 Å². The number of esters is 1. The molecule has 0 bridgehead atoms. The summed E-state index contributed by atoms with van der Waals surface area (Å²) in [7, 11) is 1.31. The second-order valence-corrected chi connectivity index (χ2v) is 8.24. The average molecular weight is 450 g/mol. The molecule has 0 unspecified atom stereocenters. The number of rotatable bonds is 7. The molecule has 33 heavy (non-hydrogen) atoms. The Hall–Kier alpha value is -3.68. The van der Waals surface area contributed by atoms with Crippen LogP contribution in [0.2, 0.25) is 0 Å². The van der Waals surface area contributed by atoms with E-state index in [4.69, 9.17) is 9.47 Å². The zero-order valence-corrected chi connectivity index (χ0v) is 18.7. The maximum Gasteiger partial charge on any atom is 0.331 e. The van der Waals surface area contributed by atoms with E-state index in [1.54, 1.807) is 49.4 Å². The number of nitrogens with one attached hydrogen (secondary N) is 1. The van der Waals surface area contributed by atoms with Crippen LogP contribution in [0.1, 0.15) is 69.2 Å². The predicted octanol–water partition coefficient (Wildman–Crippen LogP) is 3.10. The molecule has 1 aliphatic carbocycles. The Kier molecular flexibility index (Phi) is 6.18. The lowest BCUT2D eigenvalue weighted by Gasteiger charge is -2.27. The van der Waals surface area contributed by atoms with Crippen molar-refractivity contribution < 1.29 is 28.7 Å². The fourth-order valence-corrected chi connectivity index (χ4v) is 4.54. The second kappa shape index (κ2) is 9.05. The highest BCUT2D eigenvalue weighted by Gasteiger charge is 2.44. The van der Waals surface area contributed by atoms with Crippen molar-refractivity contribution in [2.45, 2.75) is 44.7 Å². The van der Waals surface area contributed by atoms with Crippen molar-refractivity contribution in [3.05, 3.63) is 64.7 Å². The Morgan fingerprint density at radius 3 is 2.24 bits per heavy atom. The molecule has 2 aromatic carbocycles. The number of fused-ring (bicyclic) bond motifs is 1. The molecule has 0 aromatic heterocycles. The molecule has 172 valence electrons. The number of hydrogen-bond donors (Lipinski definition) is 1. The molecule has 0 atom stereocenters. The van der Waals surface area contributed by atoms with Crippen molar-refractivity contribution in [2.24, 2.45) is 0 Å². The van der Waals surface area contributed by atoms with E-state index in [0.29, 0.717) is 41.9 Å². The van der Waals surface area contributed by atoms with Crippen LogP contribution in [0.25, 0.3) is 0 Å². The summed E-state index contributed by atoms with van der Waals surface area (Å²) in [5.41, 5.74) is 0.506. The van der Waals surface area contributed by atoms with E-state index >= 15 is 0 Å². The van der Waals surface area contributed by atoms with Crippen LogP contribution in [-0.4, -0.2) is 47.8 Å². The summed E-state index contributed by atoms with van der Waals surface area (Å²) in [5.74, 6) is -1.31.